The number of aromatic nitrogens is 1. The molecule has 2 aromatic carbocycles. The minimum atomic E-state index is -0.865. The molecule has 1 heterocycles. The Morgan fingerprint density at radius 1 is 1.10 bits per heavy atom. The smallest absolute Gasteiger partial charge is 0.200 e. The van der Waals surface area contributed by atoms with Crippen LogP contribution in [0.1, 0.15) is 21.5 Å². The highest BCUT2D eigenvalue weighted by molar-refractivity contribution is 6.10. The van der Waals surface area contributed by atoms with Gasteiger partial charge in [0.15, 0.2) is 0 Å². The molecule has 3 rings (SSSR count). The second kappa shape index (κ2) is 5.05. The first-order valence-electron chi connectivity index (χ1n) is 6.42. The van der Waals surface area contributed by atoms with Crippen LogP contribution in [0.2, 0.25) is 0 Å². The number of para-hydroxylation sites is 1. The summed E-state index contributed by atoms with van der Waals surface area (Å²) in [6.07, 6.45) is 1.34. The molecular formula is C17H11F2NO. The van der Waals surface area contributed by atoms with E-state index in [1.807, 2.05) is 12.1 Å². The summed E-state index contributed by atoms with van der Waals surface area (Å²) in [5, 5.41) is 0.747. The number of carbonyl (C=O) groups is 1. The number of ketones is 1. The SMILES string of the molecule is Cc1ccc(F)c(C(=O)c2cnc3ccccc3c2)c1F. The van der Waals surface area contributed by atoms with E-state index in [-0.39, 0.29) is 11.1 Å². The van der Waals surface area contributed by atoms with Gasteiger partial charge >= 0.3 is 0 Å². The third-order valence-corrected chi connectivity index (χ3v) is 3.36. The molecule has 104 valence electrons. The molecule has 0 aliphatic carbocycles. The normalized spacial score (nSPS) is 10.8. The first-order valence-corrected chi connectivity index (χ1v) is 6.42. The van der Waals surface area contributed by atoms with Crippen molar-refractivity contribution in [2.24, 2.45) is 0 Å². The van der Waals surface area contributed by atoms with Crippen LogP contribution in [0.4, 0.5) is 8.78 Å². The molecule has 21 heavy (non-hydrogen) atoms. The van der Waals surface area contributed by atoms with E-state index in [0.29, 0.717) is 0 Å². The van der Waals surface area contributed by atoms with Crippen LogP contribution in [0.15, 0.2) is 48.7 Å². The number of benzene rings is 2. The average Bonchev–Trinajstić information content (AvgIpc) is 2.51. The second-order valence-corrected chi connectivity index (χ2v) is 4.80. The maximum Gasteiger partial charge on any atom is 0.200 e. The number of hydrogen-bond acceptors (Lipinski definition) is 2. The summed E-state index contributed by atoms with van der Waals surface area (Å²) in [4.78, 5) is 16.5. The molecule has 2 nitrogen and oxygen atoms in total. The van der Waals surface area contributed by atoms with E-state index in [9.17, 15) is 13.6 Å². The predicted molar refractivity (Wildman–Crippen MR) is 76.3 cm³/mol. The van der Waals surface area contributed by atoms with Gasteiger partial charge in [-0.15, -0.1) is 0 Å². The number of rotatable bonds is 2. The maximum atomic E-state index is 14.0. The van der Waals surface area contributed by atoms with Gasteiger partial charge < -0.3 is 0 Å². The van der Waals surface area contributed by atoms with Crippen molar-refractivity contribution in [3.05, 3.63) is 77.0 Å². The molecule has 0 aliphatic heterocycles. The molecule has 1 aromatic heterocycles. The third-order valence-electron chi connectivity index (χ3n) is 3.36. The van der Waals surface area contributed by atoms with Crippen LogP contribution in [0.5, 0.6) is 0 Å². The molecule has 0 amide bonds. The van der Waals surface area contributed by atoms with Crippen LogP contribution in [-0.4, -0.2) is 10.8 Å². The number of hydrogen-bond donors (Lipinski definition) is 0. The van der Waals surface area contributed by atoms with Crippen LogP contribution in [0.3, 0.4) is 0 Å². The summed E-state index contributed by atoms with van der Waals surface area (Å²) in [6.45, 7) is 1.49. The number of aryl methyl sites for hydroxylation is 1. The van der Waals surface area contributed by atoms with E-state index in [4.69, 9.17) is 0 Å². The van der Waals surface area contributed by atoms with Crippen molar-refractivity contribution in [1.82, 2.24) is 4.98 Å². The molecule has 4 heteroatoms. The van der Waals surface area contributed by atoms with Crippen LogP contribution in [0, 0.1) is 18.6 Å². The quantitative estimate of drug-likeness (QED) is 0.664. The second-order valence-electron chi connectivity index (χ2n) is 4.80. The zero-order valence-electron chi connectivity index (χ0n) is 11.2. The molecule has 0 spiro atoms. The number of pyridine rings is 1. The molecule has 0 atom stereocenters. The standard InChI is InChI=1S/C17H11F2NO/c1-10-6-7-13(18)15(16(10)19)17(21)12-8-11-4-2-3-5-14(11)20-9-12/h2-9H,1H3. The van der Waals surface area contributed by atoms with Crippen LogP contribution in [-0.2, 0) is 0 Å². The Morgan fingerprint density at radius 2 is 1.86 bits per heavy atom. The summed E-state index contributed by atoms with van der Waals surface area (Å²) < 4.78 is 27.8. The molecule has 0 fully saturated rings. The van der Waals surface area contributed by atoms with Crippen molar-refractivity contribution in [3.8, 4) is 0 Å². The summed E-state index contributed by atoms with van der Waals surface area (Å²) in [6, 6.07) is 11.2. The summed E-state index contributed by atoms with van der Waals surface area (Å²) in [7, 11) is 0. The van der Waals surface area contributed by atoms with Gasteiger partial charge in [0.1, 0.15) is 11.6 Å². The van der Waals surface area contributed by atoms with Gasteiger partial charge in [-0.3, -0.25) is 9.78 Å². The first kappa shape index (κ1) is 13.4. The average molecular weight is 283 g/mol. The Hall–Kier alpha value is -2.62. The first-order chi connectivity index (χ1) is 10.1. The molecule has 0 bridgehead atoms. The van der Waals surface area contributed by atoms with Crippen molar-refractivity contribution in [2.75, 3.05) is 0 Å². The van der Waals surface area contributed by atoms with Gasteiger partial charge in [0.2, 0.25) is 5.78 Å². The molecule has 0 saturated heterocycles. The lowest BCUT2D eigenvalue weighted by atomic mass is 10.0. The van der Waals surface area contributed by atoms with E-state index in [0.717, 1.165) is 17.0 Å². The Labute approximate surface area is 120 Å². The van der Waals surface area contributed by atoms with Gasteiger partial charge in [0, 0.05) is 17.1 Å². The molecule has 0 N–H and O–H groups in total. The Morgan fingerprint density at radius 3 is 2.67 bits per heavy atom. The lowest BCUT2D eigenvalue weighted by Crippen LogP contribution is -2.09. The van der Waals surface area contributed by atoms with Crippen LogP contribution >= 0.6 is 0 Å². The molecule has 0 saturated carbocycles. The van der Waals surface area contributed by atoms with Crippen molar-refractivity contribution in [1.29, 1.82) is 0 Å². The highest BCUT2D eigenvalue weighted by Crippen LogP contribution is 2.21. The predicted octanol–water partition coefficient (Wildman–Crippen LogP) is 4.05. The molecular weight excluding hydrogens is 272 g/mol. The Bertz CT molecular complexity index is 859. The zero-order valence-corrected chi connectivity index (χ0v) is 11.2. The minimum absolute atomic E-state index is 0.164. The van der Waals surface area contributed by atoms with Crippen molar-refractivity contribution >= 4 is 16.7 Å². The minimum Gasteiger partial charge on any atom is -0.288 e. The van der Waals surface area contributed by atoms with E-state index in [1.54, 1.807) is 18.2 Å². The van der Waals surface area contributed by atoms with Crippen molar-refractivity contribution in [2.45, 2.75) is 6.92 Å². The van der Waals surface area contributed by atoms with E-state index in [1.165, 1.54) is 19.2 Å². The molecule has 0 radical (unpaired) electrons. The lowest BCUT2D eigenvalue weighted by molar-refractivity contribution is 0.103. The summed E-state index contributed by atoms with van der Waals surface area (Å²) in [5.41, 5.74) is 0.580. The van der Waals surface area contributed by atoms with Crippen LogP contribution in [0.25, 0.3) is 10.9 Å². The van der Waals surface area contributed by atoms with Crippen molar-refractivity contribution in [3.63, 3.8) is 0 Å². The highest BCUT2D eigenvalue weighted by atomic mass is 19.1. The van der Waals surface area contributed by atoms with Gasteiger partial charge in [-0.25, -0.2) is 8.78 Å². The fraction of sp³-hybridized carbons (Fsp3) is 0.0588. The third kappa shape index (κ3) is 2.29. The summed E-state index contributed by atoms with van der Waals surface area (Å²) in [5.74, 6) is -2.39. The summed E-state index contributed by atoms with van der Waals surface area (Å²) >= 11 is 0. The largest absolute Gasteiger partial charge is 0.288 e. The molecule has 3 aromatic rings. The number of nitrogens with zero attached hydrogens (tertiary/aromatic N) is 1. The topological polar surface area (TPSA) is 30.0 Å². The van der Waals surface area contributed by atoms with Gasteiger partial charge in [-0.2, -0.15) is 0 Å². The van der Waals surface area contributed by atoms with E-state index >= 15 is 0 Å². The lowest BCUT2D eigenvalue weighted by Gasteiger charge is -2.07. The maximum absolute atomic E-state index is 14.0. The number of halogens is 2. The number of carbonyl (C=O) groups excluding carboxylic acids is 1. The monoisotopic (exact) mass is 283 g/mol. The van der Waals surface area contributed by atoms with Crippen LogP contribution < -0.4 is 0 Å². The van der Waals surface area contributed by atoms with Crippen molar-refractivity contribution < 1.29 is 13.6 Å². The number of fused-ring (bicyclic) bond motifs is 1. The van der Waals surface area contributed by atoms with E-state index in [2.05, 4.69) is 4.98 Å². The van der Waals surface area contributed by atoms with Gasteiger partial charge in [0.05, 0.1) is 11.1 Å². The van der Waals surface area contributed by atoms with Gasteiger partial charge in [-0.05, 0) is 30.7 Å². The van der Waals surface area contributed by atoms with Gasteiger partial charge in [-0.1, -0.05) is 24.3 Å². The zero-order chi connectivity index (χ0) is 15.0. The Kier molecular flexibility index (Phi) is 3.22. The highest BCUT2D eigenvalue weighted by Gasteiger charge is 2.21. The Balaban J connectivity index is 2.15. The van der Waals surface area contributed by atoms with Gasteiger partial charge in [0.25, 0.3) is 0 Å². The fourth-order valence-electron chi connectivity index (χ4n) is 2.20. The fourth-order valence-corrected chi connectivity index (χ4v) is 2.20. The molecule has 0 unspecified atom stereocenters. The van der Waals surface area contributed by atoms with E-state index < -0.39 is 23.0 Å². The molecule has 0 aliphatic rings.